The summed E-state index contributed by atoms with van der Waals surface area (Å²) in [7, 11) is 0. The predicted octanol–water partition coefficient (Wildman–Crippen LogP) is 3.54. The van der Waals surface area contributed by atoms with Gasteiger partial charge in [-0.3, -0.25) is 0 Å². The summed E-state index contributed by atoms with van der Waals surface area (Å²) in [6.45, 7) is 0. The van der Waals surface area contributed by atoms with Crippen LogP contribution in [0.15, 0.2) is 46.2 Å². The topological polar surface area (TPSA) is 0 Å². The first-order chi connectivity index (χ1) is 5.77. The molecular weight excluding hydrogens is 327 g/mol. The molecule has 0 unspecified atom stereocenters. The van der Waals surface area contributed by atoms with Gasteiger partial charge in [-0.05, 0) is 10.8 Å². The molecule has 0 N–H and O–H groups in total. The van der Waals surface area contributed by atoms with Crippen molar-refractivity contribution in [1.29, 1.82) is 0 Å². The van der Waals surface area contributed by atoms with Crippen molar-refractivity contribution in [3.05, 3.63) is 36.4 Å². The second kappa shape index (κ2) is 7.25. The Labute approximate surface area is 120 Å². The Morgan fingerprint density at radius 2 is 1.07 bits per heavy atom. The van der Waals surface area contributed by atoms with Crippen molar-refractivity contribution in [1.82, 2.24) is 0 Å². The molecule has 78 valence electrons. The number of hydrogen-bond acceptors (Lipinski definition) is 2. The summed E-state index contributed by atoms with van der Waals surface area (Å²) in [6, 6.07) is 12.0. The Morgan fingerprint density at radius 3 is 1.40 bits per heavy atom. The minimum absolute atomic E-state index is 0. The van der Waals surface area contributed by atoms with Gasteiger partial charge in [0.25, 0.3) is 0 Å². The number of fused-ring (bicyclic) bond motifs is 1. The van der Waals surface area contributed by atoms with Crippen LogP contribution in [0.2, 0.25) is 0 Å². The van der Waals surface area contributed by atoms with Crippen LogP contribution in [-0.2, 0) is 25.3 Å². The van der Waals surface area contributed by atoms with E-state index in [0.717, 1.165) is 20.6 Å². The maximum Gasteiger partial charge on any atom is 2.00 e. The van der Waals surface area contributed by atoms with Gasteiger partial charge >= 0.3 is 23.9 Å². The molecule has 15 heavy (non-hydrogen) atoms. The molecule has 0 aliphatic carbocycles. The molecule has 2 aromatic carbocycles. The van der Waals surface area contributed by atoms with Gasteiger partial charge in [0, 0.05) is 0 Å². The van der Waals surface area contributed by atoms with E-state index in [-0.39, 0.29) is 38.8 Å². The van der Waals surface area contributed by atoms with Gasteiger partial charge in [0.1, 0.15) is 0 Å². The third kappa shape index (κ3) is 3.78. The van der Waals surface area contributed by atoms with E-state index in [2.05, 4.69) is 0 Å². The van der Waals surface area contributed by atoms with Gasteiger partial charge in [-0.2, -0.15) is 9.79 Å². The Kier molecular flexibility index (Phi) is 8.38. The standard InChI is InChI=1S/C10H8S2.2CH4.Sn/c11-9-5-7-3-1-2-4-8(7)6-10(9)12;;;/h1-6,11-12H;2*1H4;/q;;;+2/p-2. The molecule has 0 amide bonds. The molecule has 2 aromatic rings. The van der Waals surface area contributed by atoms with E-state index >= 15 is 0 Å². The fourth-order valence-electron chi connectivity index (χ4n) is 1.20. The van der Waals surface area contributed by atoms with Crippen LogP contribution in [0, 0.1) is 0 Å². The largest absolute Gasteiger partial charge is 2.00 e. The van der Waals surface area contributed by atoms with Gasteiger partial charge in [-0.1, -0.05) is 51.3 Å². The summed E-state index contributed by atoms with van der Waals surface area (Å²) in [5.74, 6) is 0. The molecule has 2 radical (unpaired) electrons. The fraction of sp³-hybridized carbons (Fsp3) is 0.167. The summed E-state index contributed by atoms with van der Waals surface area (Å²) >= 11 is 10.2. The summed E-state index contributed by atoms with van der Waals surface area (Å²) < 4.78 is 0. The SMILES string of the molecule is C.C.[S-]c1cc2ccccc2cc1[S-].[Sn+2]. The fourth-order valence-corrected chi connectivity index (χ4v) is 1.57. The first-order valence-corrected chi connectivity index (χ1v) is 4.46. The molecule has 3 heteroatoms. The third-order valence-electron chi connectivity index (χ3n) is 1.81. The first-order valence-electron chi connectivity index (χ1n) is 3.64. The molecule has 0 heterocycles. The van der Waals surface area contributed by atoms with Crippen molar-refractivity contribution in [2.75, 3.05) is 0 Å². The zero-order chi connectivity index (χ0) is 8.55. The summed E-state index contributed by atoms with van der Waals surface area (Å²) in [6.07, 6.45) is 0. The second-order valence-electron chi connectivity index (χ2n) is 2.65. The van der Waals surface area contributed by atoms with Crippen molar-refractivity contribution in [3.8, 4) is 0 Å². The van der Waals surface area contributed by atoms with Crippen LogP contribution < -0.4 is 0 Å². The zero-order valence-electron chi connectivity index (χ0n) is 6.78. The molecule has 0 spiro atoms. The van der Waals surface area contributed by atoms with Gasteiger partial charge in [-0.15, -0.1) is 0 Å². The van der Waals surface area contributed by atoms with E-state index in [1.54, 1.807) is 0 Å². The van der Waals surface area contributed by atoms with E-state index < -0.39 is 0 Å². The summed E-state index contributed by atoms with van der Waals surface area (Å²) in [4.78, 5) is 1.53. The monoisotopic (exact) mass is 342 g/mol. The molecule has 2 rings (SSSR count). The molecule has 0 atom stereocenters. The maximum atomic E-state index is 5.08. The van der Waals surface area contributed by atoms with E-state index in [9.17, 15) is 0 Å². The molecule has 0 aromatic heterocycles. The second-order valence-corrected chi connectivity index (χ2v) is 3.53. The number of rotatable bonds is 0. The van der Waals surface area contributed by atoms with Crippen LogP contribution in [0.4, 0.5) is 0 Å². The van der Waals surface area contributed by atoms with E-state index in [0.29, 0.717) is 0 Å². The number of benzene rings is 2. The van der Waals surface area contributed by atoms with Gasteiger partial charge in [0.05, 0.1) is 0 Å². The van der Waals surface area contributed by atoms with Crippen LogP contribution in [0.1, 0.15) is 14.9 Å². The van der Waals surface area contributed by atoms with E-state index in [1.807, 2.05) is 36.4 Å². The van der Waals surface area contributed by atoms with Crippen molar-refractivity contribution < 1.29 is 0 Å². The Morgan fingerprint density at radius 1 is 0.733 bits per heavy atom. The molecule has 0 bridgehead atoms. The third-order valence-corrected chi connectivity index (χ3v) is 2.62. The van der Waals surface area contributed by atoms with Crippen LogP contribution >= 0.6 is 0 Å². The van der Waals surface area contributed by atoms with Crippen LogP contribution in [0.25, 0.3) is 10.8 Å². The minimum Gasteiger partial charge on any atom is -0.781 e. The van der Waals surface area contributed by atoms with E-state index in [4.69, 9.17) is 25.3 Å². The molecule has 0 saturated carbocycles. The van der Waals surface area contributed by atoms with Gasteiger partial charge < -0.3 is 25.3 Å². The molecule has 0 nitrogen and oxygen atoms in total. The molecule has 0 aliphatic rings. The molecular formula is C12H14S2Sn. The van der Waals surface area contributed by atoms with Crippen LogP contribution in [0.5, 0.6) is 0 Å². The smallest absolute Gasteiger partial charge is 0.781 e. The Hall–Kier alpha value is -0.0613. The average Bonchev–Trinajstić information content (AvgIpc) is 2.07. The average molecular weight is 341 g/mol. The van der Waals surface area contributed by atoms with Crippen molar-refractivity contribution in [2.24, 2.45) is 0 Å². The van der Waals surface area contributed by atoms with Crippen molar-refractivity contribution >= 4 is 59.9 Å². The minimum atomic E-state index is 0. The van der Waals surface area contributed by atoms with E-state index in [1.165, 1.54) is 0 Å². The van der Waals surface area contributed by atoms with Gasteiger partial charge in [0.2, 0.25) is 0 Å². The van der Waals surface area contributed by atoms with Crippen LogP contribution in [0.3, 0.4) is 0 Å². The quantitative estimate of drug-likeness (QED) is 0.531. The van der Waals surface area contributed by atoms with Gasteiger partial charge in [-0.25, -0.2) is 0 Å². The number of hydrogen-bond donors (Lipinski definition) is 0. The first kappa shape index (κ1) is 17.3. The van der Waals surface area contributed by atoms with Crippen molar-refractivity contribution in [2.45, 2.75) is 24.6 Å². The predicted molar refractivity (Wildman–Crippen MR) is 74.4 cm³/mol. The molecule has 0 aliphatic heterocycles. The summed E-state index contributed by atoms with van der Waals surface area (Å²) in [5, 5.41) is 2.33. The molecule has 0 saturated heterocycles. The normalized spacial score (nSPS) is 8.27. The summed E-state index contributed by atoms with van der Waals surface area (Å²) in [5.41, 5.74) is 0. The molecule has 0 fully saturated rings. The van der Waals surface area contributed by atoms with Crippen LogP contribution in [-0.4, -0.2) is 23.9 Å². The Bertz CT molecular complexity index is 386. The van der Waals surface area contributed by atoms with Crippen molar-refractivity contribution in [3.63, 3.8) is 0 Å². The Balaban J connectivity index is 0. The zero-order valence-corrected chi connectivity index (χ0v) is 11.3. The maximum absolute atomic E-state index is 5.08. The van der Waals surface area contributed by atoms with Gasteiger partial charge in [0.15, 0.2) is 0 Å².